The van der Waals surface area contributed by atoms with Gasteiger partial charge in [-0.2, -0.15) is 0 Å². The molecule has 2 saturated heterocycles. The van der Waals surface area contributed by atoms with E-state index in [1.165, 1.54) is 11.8 Å². The standard InChI is InChI=1S/C33H38N4O6S/c1-6-19-15(2)24(36-33(19)43)11-22-16(3)20(7-9-29(38)39)25(34-22)13-26-21(8-10-30(40)41)17(4)23(35-26)12-27-31(28-14-44-28)18(5)32(42)37-27/h8,12-13,18,28,31,34-35H,6-7,9-11,14H2,1-5H3,(H,37,42)(H,38,39)(H,40,41)/p+1/b21-8-,26-13-,27-12-/t18-,28-,31-/m1/s1. The van der Waals surface area contributed by atoms with E-state index in [0.29, 0.717) is 46.8 Å². The molecule has 2 aromatic rings. The molecule has 2 aromatic heterocycles. The highest BCUT2D eigenvalue weighted by Crippen LogP contribution is 2.37. The van der Waals surface area contributed by atoms with Gasteiger partial charge in [0.1, 0.15) is 0 Å². The van der Waals surface area contributed by atoms with Gasteiger partial charge in [0.25, 0.3) is 5.91 Å². The first-order chi connectivity index (χ1) is 20.9. The van der Waals surface area contributed by atoms with E-state index in [2.05, 4.69) is 20.3 Å². The van der Waals surface area contributed by atoms with Gasteiger partial charge in [-0.05, 0) is 85.0 Å². The number of allylic oxidation sites excluding steroid dienone is 2. The number of aromatic nitrogens is 2. The Hall–Kier alpha value is -4.12. The van der Waals surface area contributed by atoms with Gasteiger partial charge in [-0.1, -0.05) is 19.9 Å². The van der Waals surface area contributed by atoms with Crippen LogP contribution in [0.4, 0.5) is 0 Å². The fourth-order valence-electron chi connectivity index (χ4n) is 6.33. The summed E-state index contributed by atoms with van der Waals surface area (Å²) in [7, 11) is 0. The van der Waals surface area contributed by atoms with Crippen LogP contribution in [-0.4, -0.2) is 60.6 Å². The molecule has 2 amide bonds. The highest BCUT2D eigenvalue weighted by Gasteiger charge is 2.52. The Morgan fingerprint density at radius 1 is 1.05 bits per heavy atom. The summed E-state index contributed by atoms with van der Waals surface area (Å²) < 4.78 is 0. The first-order valence-corrected chi connectivity index (χ1v) is 16.1. The Morgan fingerprint density at radius 2 is 1.77 bits per heavy atom. The van der Waals surface area contributed by atoms with E-state index in [0.717, 1.165) is 50.3 Å². The number of rotatable bonds is 11. The summed E-state index contributed by atoms with van der Waals surface area (Å²) in [6, 6.07) is 0. The number of aliphatic carboxylic acids is 2. The van der Waals surface area contributed by atoms with Crippen molar-refractivity contribution in [3.63, 3.8) is 0 Å². The molecule has 0 unspecified atom stereocenters. The molecule has 5 heterocycles. The quantitative estimate of drug-likeness (QED) is 0.147. The number of hydrogen-bond donors (Lipinski definition) is 5. The van der Waals surface area contributed by atoms with Crippen molar-refractivity contribution in [1.82, 2.24) is 15.3 Å². The fourth-order valence-corrected chi connectivity index (χ4v) is 7.33. The van der Waals surface area contributed by atoms with Crippen LogP contribution in [0.1, 0.15) is 73.8 Å². The van der Waals surface area contributed by atoms with Crippen LogP contribution in [0.25, 0.3) is 18.2 Å². The van der Waals surface area contributed by atoms with Gasteiger partial charge >= 0.3 is 11.9 Å². The molecule has 3 aliphatic rings. The van der Waals surface area contributed by atoms with E-state index in [1.54, 1.807) is 6.08 Å². The van der Waals surface area contributed by atoms with Gasteiger partial charge in [-0.25, -0.2) is 4.99 Å². The molecule has 3 atom stereocenters. The topological polar surface area (TPSA) is 165 Å². The summed E-state index contributed by atoms with van der Waals surface area (Å²) >= 11 is 1.35. The maximum absolute atomic E-state index is 12.6. The van der Waals surface area contributed by atoms with E-state index >= 15 is 0 Å². The van der Waals surface area contributed by atoms with Crippen molar-refractivity contribution in [2.75, 3.05) is 5.75 Å². The fraction of sp³-hybridized carbons (Fsp3) is 0.424. The minimum atomic E-state index is -0.956. The molecular weight excluding hydrogens is 580 g/mol. The number of nitrogens with one attached hydrogen (secondary N) is 3. The maximum Gasteiger partial charge on any atom is 0.307 e. The number of carboxylic acid groups (broad SMARTS) is 2. The van der Waals surface area contributed by atoms with Crippen LogP contribution in [-0.2, 0) is 43.8 Å². The Kier molecular flexibility index (Phi) is 8.88. The lowest BCUT2D eigenvalue weighted by Crippen LogP contribution is -2.25. The number of aliphatic imine (C=N–C) groups is 1. The summed E-state index contributed by atoms with van der Waals surface area (Å²) in [5, 5.41) is 23.8. The average Bonchev–Trinajstić information content (AvgIpc) is 3.53. The van der Waals surface area contributed by atoms with E-state index < -0.39 is 11.9 Å². The molecule has 5 rings (SSSR count). The number of nitrogens with zero attached hydrogens (tertiary/aromatic N) is 1. The third-order valence-corrected chi connectivity index (χ3v) is 10.1. The van der Waals surface area contributed by atoms with E-state index in [-0.39, 0.29) is 36.5 Å². The predicted octanol–water partition coefficient (Wildman–Crippen LogP) is 2.23. The number of carboxylic acids is 2. The third kappa shape index (κ3) is 6.24. The Morgan fingerprint density at radius 3 is 2.39 bits per heavy atom. The zero-order valence-electron chi connectivity index (χ0n) is 25.6. The van der Waals surface area contributed by atoms with Crippen LogP contribution in [0.2, 0.25) is 0 Å². The second-order valence-electron chi connectivity index (χ2n) is 11.8. The number of hydrogen-bond acceptors (Lipinski definition) is 4. The molecule has 0 aliphatic carbocycles. The van der Waals surface area contributed by atoms with Crippen LogP contribution in [0.15, 0.2) is 21.8 Å². The largest absolute Gasteiger partial charge is 0.481 e. The van der Waals surface area contributed by atoms with Crippen molar-refractivity contribution in [2.45, 2.75) is 72.0 Å². The van der Waals surface area contributed by atoms with E-state index in [4.69, 9.17) is 0 Å². The summed E-state index contributed by atoms with van der Waals surface area (Å²) in [6.07, 6.45) is 6.60. The van der Waals surface area contributed by atoms with Crippen molar-refractivity contribution in [1.29, 1.82) is 0 Å². The number of aromatic amines is 2. The molecular formula is C33H39N4O6S+. The lowest BCUT2D eigenvalue weighted by atomic mass is 9.92. The van der Waals surface area contributed by atoms with Crippen molar-refractivity contribution in [3.8, 4) is 0 Å². The molecule has 44 heavy (non-hydrogen) atoms. The van der Waals surface area contributed by atoms with E-state index in [1.807, 2.05) is 46.8 Å². The minimum Gasteiger partial charge on any atom is -0.481 e. The summed E-state index contributed by atoms with van der Waals surface area (Å²) in [5.74, 6) is -0.969. The van der Waals surface area contributed by atoms with Crippen LogP contribution in [0.5, 0.6) is 0 Å². The van der Waals surface area contributed by atoms with Gasteiger partial charge in [-0.3, -0.25) is 19.2 Å². The second-order valence-corrected chi connectivity index (χ2v) is 13.2. The normalized spacial score (nSPS) is 23.2. The lowest BCUT2D eigenvalue weighted by Gasteiger charge is -2.08. The first kappa shape index (κ1) is 31.3. The van der Waals surface area contributed by atoms with Crippen molar-refractivity contribution >= 4 is 59.5 Å². The van der Waals surface area contributed by atoms with Gasteiger partial charge in [0.15, 0.2) is 11.0 Å². The number of carbonyl (C=O) groups is 4. The second kappa shape index (κ2) is 12.5. The van der Waals surface area contributed by atoms with Gasteiger partial charge in [0, 0.05) is 52.5 Å². The summed E-state index contributed by atoms with van der Waals surface area (Å²) in [6.45, 7) is 9.65. The molecule has 0 spiro atoms. The van der Waals surface area contributed by atoms with Crippen LogP contribution in [0.3, 0.4) is 0 Å². The first-order valence-electron chi connectivity index (χ1n) is 14.9. The number of thiol groups is 1. The van der Waals surface area contributed by atoms with Crippen molar-refractivity contribution in [2.24, 2.45) is 16.8 Å². The summed E-state index contributed by atoms with van der Waals surface area (Å²) in [5.41, 5.74) is 8.09. The van der Waals surface area contributed by atoms with E-state index in [9.17, 15) is 29.4 Å². The van der Waals surface area contributed by atoms with Gasteiger partial charge in [0.05, 0.1) is 18.1 Å². The predicted molar refractivity (Wildman–Crippen MR) is 172 cm³/mol. The molecule has 0 bridgehead atoms. The highest BCUT2D eigenvalue weighted by molar-refractivity contribution is 7.86. The number of H-pyrrole nitrogens is 2. The zero-order valence-corrected chi connectivity index (χ0v) is 26.5. The molecule has 0 saturated carbocycles. The Labute approximate surface area is 259 Å². The van der Waals surface area contributed by atoms with Gasteiger partial charge in [-0.15, -0.1) is 0 Å². The molecule has 10 nitrogen and oxygen atoms in total. The molecule has 11 heteroatoms. The minimum absolute atomic E-state index is 0.0131. The van der Waals surface area contributed by atoms with Crippen LogP contribution < -0.4 is 15.9 Å². The third-order valence-electron chi connectivity index (χ3n) is 9.01. The molecule has 3 aliphatic heterocycles. The molecule has 0 aromatic carbocycles. The van der Waals surface area contributed by atoms with Gasteiger partial charge in [0.2, 0.25) is 5.91 Å². The maximum atomic E-state index is 12.6. The van der Waals surface area contributed by atoms with Crippen molar-refractivity contribution < 1.29 is 29.4 Å². The zero-order chi connectivity index (χ0) is 31.9. The number of carbonyl (C=O) groups excluding carboxylic acids is 2. The smallest absolute Gasteiger partial charge is 0.307 e. The molecule has 2 fully saturated rings. The SMILES string of the molecule is CCC1=C(C)C(Cc2[nH]c(/C=c3\[nH]c(/C=C4\NC(=O)[C@H](C)[C@H]4[C@H]4C[SH+]4)c(C)\c3=C\CC(=O)O)c(CCC(=O)O)c2C)=NC1=O. The molecule has 0 radical (unpaired) electrons. The Balaban J connectivity index is 1.62. The van der Waals surface area contributed by atoms with Crippen molar-refractivity contribution in [3.05, 3.63) is 61.2 Å². The molecule has 5 N–H and O–H groups in total. The van der Waals surface area contributed by atoms with Crippen LogP contribution in [0, 0.1) is 25.7 Å². The Bertz CT molecular complexity index is 1790. The number of amides is 2. The van der Waals surface area contributed by atoms with Crippen LogP contribution >= 0.6 is 0 Å². The molecule has 232 valence electrons. The highest BCUT2D eigenvalue weighted by atomic mass is 32.2. The monoisotopic (exact) mass is 619 g/mol. The summed E-state index contributed by atoms with van der Waals surface area (Å²) in [4.78, 5) is 59.2. The lowest BCUT2D eigenvalue weighted by molar-refractivity contribution is -0.137. The van der Waals surface area contributed by atoms with Gasteiger partial charge < -0.3 is 25.5 Å². The average molecular weight is 620 g/mol.